The molecule has 1 aromatic heterocycles. The van der Waals surface area contributed by atoms with Gasteiger partial charge in [0, 0.05) is 13.1 Å². The van der Waals surface area contributed by atoms with Crippen LogP contribution >= 0.6 is 0 Å². The van der Waals surface area contributed by atoms with Gasteiger partial charge in [-0.2, -0.15) is 10.4 Å². The van der Waals surface area contributed by atoms with Crippen LogP contribution in [0, 0.1) is 11.3 Å². The molecule has 108 valence electrons. The summed E-state index contributed by atoms with van der Waals surface area (Å²) in [6.45, 7) is 3.10. The lowest BCUT2D eigenvalue weighted by Crippen LogP contribution is -2.32. The van der Waals surface area contributed by atoms with Crippen LogP contribution in [0.25, 0.3) is 0 Å². The highest BCUT2D eigenvalue weighted by Gasteiger charge is 2.19. The number of hydrogen-bond donors (Lipinski definition) is 2. The molecule has 0 saturated carbocycles. The van der Waals surface area contributed by atoms with Gasteiger partial charge < -0.3 is 10.6 Å². The van der Waals surface area contributed by atoms with Crippen molar-refractivity contribution in [1.82, 2.24) is 15.1 Å². The van der Waals surface area contributed by atoms with Gasteiger partial charge in [-0.3, -0.25) is 9.89 Å². The number of nitriles is 1. The lowest BCUT2D eigenvalue weighted by molar-refractivity contribution is 0.0738. The second-order valence-corrected chi connectivity index (χ2v) is 4.74. The van der Waals surface area contributed by atoms with Crippen LogP contribution in [0.1, 0.15) is 35.0 Å². The second-order valence-electron chi connectivity index (χ2n) is 4.74. The molecule has 0 spiro atoms. The molecule has 3 N–H and O–H groups in total. The molecule has 6 heteroatoms. The molecule has 0 fully saturated rings. The van der Waals surface area contributed by atoms with E-state index < -0.39 is 0 Å². The Bertz CT molecular complexity index is 653. The average Bonchev–Trinajstić information content (AvgIpc) is 2.93. The zero-order valence-electron chi connectivity index (χ0n) is 11.8. The van der Waals surface area contributed by atoms with Crippen molar-refractivity contribution in [3.63, 3.8) is 0 Å². The number of carbonyl (C=O) groups excluding carboxylic acids is 1. The van der Waals surface area contributed by atoms with E-state index in [1.807, 2.05) is 19.1 Å². The lowest BCUT2D eigenvalue weighted by atomic mass is 10.1. The van der Waals surface area contributed by atoms with Crippen molar-refractivity contribution in [2.75, 3.05) is 12.3 Å². The lowest BCUT2D eigenvalue weighted by Gasteiger charge is -2.21. The van der Waals surface area contributed by atoms with E-state index in [-0.39, 0.29) is 5.91 Å². The summed E-state index contributed by atoms with van der Waals surface area (Å²) in [5.41, 5.74) is 7.96. The molecule has 0 radical (unpaired) electrons. The number of aromatic amines is 1. The van der Waals surface area contributed by atoms with Gasteiger partial charge in [-0.1, -0.05) is 19.1 Å². The van der Waals surface area contributed by atoms with Crippen molar-refractivity contribution in [3.05, 3.63) is 47.3 Å². The van der Waals surface area contributed by atoms with Crippen LogP contribution in [-0.2, 0) is 6.54 Å². The summed E-state index contributed by atoms with van der Waals surface area (Å²) >= 11 is 0. The highest BCUT2D eigenvalue weighted by atomic mass is 16.2. The fourth-order valence-electron chi connectivity index (χ4n) is 2.05. The molecule has 0 aliphatic carbocycles. The fraction of sp³-hybridized carbons (Fsp3) is 0.267. The Morgan fingerprint density at radius 1 is 1.43 bits per heavy atom. The van der Waals surface area contributed by atoms with Crippen molar-refractivity contribution in [3.8, 4) is 6.07 Å². The molecule has 21 heavy (non-hydrogen) atoms. The zero-order valence-corrected chi connectivity index (χ0v) is 11.8. The number of nitrogens with one attached hydrogen (secondary N) is 1. The first-order valence-corrected chi connectivity index (χ1v) is 6.72. The SMILES string of the molecule is CCCN(Cc1ccc(C#N)cc1)C(=O)c1[nH]ncc1N. The van der Waals surface area contributed by atoms with Crippen LogP contribution in [0.2, 0.25) is 0 Å². The number of nitrogen functional groups attached to an aromatic ring is 1. The van der Waals surface area contributed by atoms with Gasteiger partial charge in [-0.25, -0.2) is 0 Å². The third-order valence-corrected chi connectivity index (χ3v) is 3.12. The van der Waals surface area contributed by atoms with Crippen LogP contribution in [0.5, 0.6) is 0 Å². The van der Waals surface area contributed by atoms with E-state index in [1.54, 1.807) is 17.0 Å². The molecule has 1 aromatic carbocycles. The number of carbonyl (C=O) groups is 1. The number of anilines is 1. The molecule has 0 saturated heterocycles. The van der Waals surface area contributed by atoms with Crippen molar-refractivity contribution < 1.29 is 4.79 Å². The third-order valence-electron chi connectivity index (χ3n) is 3.12. The first kappa shape index (κ1) is 14.6. The summed E-state index contributed by atoms with van der Waals surface area (Å²) in [5.74, 6) is -0.170. The minimum absolute atomic E-state index is 0.170. The summed E-state index contributed by atoms with van der Waals surface area (Å²) in [5, 5.41) is 15.2. The van der Waals surface area contributed by atoms with Crippen LogP contribution < -0.4 is 5.73 Å². The quantitative estimate of drug-likeness (QED) is 0.875. The van der Waals surface area contributed by atoms with Crippen molar-refractivity contribution >= 4 is 11.6 Å². The van der Waals surface area contributed by atoms with Gasteiger partial charge in [-0.05, 0) is 24.1 Å². The normalized spacial score (nSPS) is 10.1. The Hall–Kier alpha value is -2.81. The van der Waals surface area contributed by atoms with Crippen LogP contribution in [-0.4, -0.2) is 27.5 Å². The highest BCUT2D eigenvalue weighted by molar-refractivity contribution is 5.96. The molecular formula is C15H17N5O. The van der Waals surface area contributed by atoms with Crippen LogP contribution in [0.3, 0.4) is 0 Å². The fourth-order valence-corrected chi connectivity index (χ4v) is 2.05. The molecule has 1 heterocycles. The number of aromatic nitrogens is 2. The standard InChI is InChI=1S/C15H17N5O/c1-2-7-20(15(21)14-13(17)9-18-19-14)10-12-5-3-11(8-16)4-6-12/h3-6,9H,2,7,10,17H2,1H3,(H,18,19). The monoisotopic (exact) mass is 283 g/mol. The maximum atomic E-state index is 12.5. The predicted octanol–water partition coefficient (Wildman–Crippen LogP) is 1.92. The molecule has 2 aromatic rings. The van der Waals surface area contributed by atoms with Gasteiger partial charge in [0.1, 0.15) is 5.69 Å². The van der Waals surface area contributed by atoms with Crippen LogP contribution in [0.15, 0.2) is 30.5 Å². The highest BCUT2D eigenvalue weighted by Crippen LogP contribution is 2.14. The molecule has 0 aliphatic rings. The molecule has 1 amide bonds. The van der Waals surface area contributed by atoms with E-state index in [9.17, 15) is 4.79 Å². The van der Waals surface area contributed by atoms with E-state index >= 15 is 0 Å². The second kappa shape index (κ2) is 6.57. The first-order chi connectivity index (χ1) is 10.2. The van der Waals surface area contributed by atoms with Crippen molar-refractivity contribution in [2.24, 2.45) is 0 Å². The van der Waals surface area contributed by atoms with Gasteiger partial charge >= 0.3 is 0 Å². The number of benzene rings is 1. The number of nitrogens with zero attached hydrogens (tertiary/aromatic N) is 3. The first-order valence-electron chi connectivity index (χ1n) is 6.72. The van der Waals surface area contributed by atoms with Gasteiger partial charge in [0.2, 0.25) is 0 Å². The third kappa shape index (κ3) is 3.39. The number of rotatable bonds is 5. The Balaban J connectivity index is 2.17. The summed E-state index contributed by atoms with van der Waals surface area (Å²) < 4.78 is 0. The average molecular weight is 283 g/mol. The number of amides is 1. The largest absolute Gasteiger partial charge is 0.396 e. The van der Waals surface area contributed by atoms with Gasteiger partial charge in [0.05, 0.1) is 23.5 Å². The minimum atomic E-state index is -0.170. The Kier molecular flexibility index (Phi) is 4.57. The van der Waals surface area contributed by atoms with Gasteiger partial charge in [0.15, 0.2) is 0 Å². The zero-order chi connectivity index (χ0) is 15.2. The van der Waals surface area contributed by atoms with Crippen molar-refractivity contribution in [1.29, 1.82) is 5.26 Å². The maximum absolute atomic E-state index is 12.5. The maximum Gasteiger partial charge on any atom is 0.274 e. The molecule has 2 rings (SSSR count). The molecule has 0 bridgehead atoms. The molecule has 6 nitrogen and oxygen atoms in total. The molecule has 0 atom stereocenters. The van der Waals surface area contributed by atoms with E-state index in [4.69, 9.17) is 11.0 Å². The van der Waals surface area contributed by atoms with E-state index in [1.165, 1.54) is 6.20 Å². The van der Waals surface area contributed by atoms with Gasteiger partial charge in [-0.15, -0.1) is 0 Å². The number of nitrogens with two attached hydrogens (primary N) is 1. The summed E-state index contributed by atoms with van der Waals surface area (Å²) in [7, 11) is 0. The Morgan fingerprint density at radius 3 is 2.67 bits per heavy atom. The predicted molar refractivity (Wildman–Crippen MR) is 79.2 cm³/mol. The number of hydrogen-bond acceptors (Lipinski definition) is 4. The van der Waals surface area contributed by atoms with E-state index in [0.717, 1.165) is 12.0 Å². The molecule has 0 unspecified atom stereocenters. The summed E-state index contributed by atoms with van der Waals surface area (Å²) in [4.78, 5) is 14.2. The van der Waals surface area contributed by atoms with E-state index in [2.05, 4.69) is 16.3 Å². The Morgan fingerprint density at radius 2 is 2.14 bits per heavy atom. The summed E-state index contributed by atoms with van der Waals surface area (Å²) in [6.07, 6.45) is 2.27. The topological polar surface area (TPSA) is 98.8 Å². The van der Waals surface area contributed by atoms with Crippen molar-refractivity contribution in [2.45, 2.75) is 19.9 Å². The molecular weight excluding hydrogens is 266 g/mol. The smallest absolute Gasteiger partial charge is 0.274 e. The Labute approximate surface area is 123 Å². The van der Waals surface area contributed by atoms with Gasteiger partial charge in [0.25, 0.3) is 5.91 Å². The molecule has 0 aliphatic heterocycles. The minimum Gasteiger partial charge on any atom is -0.396 e. The van der Waals surface area contributed by atoms with E-state index in [0.29, 0.717) is 30.0 Å². The van der Waals surface area contributed by atoms with Crippen LogP contribution in [0.4, 0.5) is 5.69 Å². The number of H-pyrrole nitrogens is 1. The summed E-state index contributed by atoms with van der Waals surface area (Å²) in [6, 6.07) is 9.27.